The SMILES string of the molecule is Cc1ccc(NC(=O)N2CCN(c3ccc(Cl)cc3C)CC2)c(C)c1. The topological polar surface area (TPSA) is 35.6 Å². The number of aryl methyl sites for hydroxylation is 3. The lowest BCUT2D eigenvalue weighted by Gasteiger charge is -2.36. The van der Waals surface area contributed by atoms with Crippen molar-refractivity contribution in [1.29, 1.82) is 0 Å². The summed E-state index contributed by atoms with van der Waals surface area (Å²) in [6.07, 6.45) is 0. The molecule has 0 unspecified atom stereocenters. The number of carbonyl (C=O) groups is 1. The highest BCUT2D eigenvalue weighted by Gasteiger charge is 2.22. The van der Waals surface area contributed by atoms with Gasteiger partial charge in [0, 0.05) is 42.6 Å². The maximum atomic E-state index is 12.5. The molecule has 4 nitrogen and oxygen atoms in total. The third-order valence-electron chi connectivity index (χ3n) is 4.69. The molecule has 0 radical (unpaired) electrons. The number of hydrogen-bond acceptors (Lipinski definition) is 2. The van der Waals surface area contributed by atoms with Gasteiger partial charge in [-0.1, -0.05) is 29.3 Å². The van der Waals surface area contributed by atoms with E-state index >= 15 is 0 Å². The third-order valence-corrected chi connectivity index (χ3v) is 4.93. The van der Waals surface area contributed by atoms with E-state index in [1.54, 1.807) is 0 Å². The van der Waals surface area contributed by atoms with Crippen LogP contribution in [0, 0.1) is 20.8 Å². The van der Waals surface area contributed by atoms with Crippen LogP contribution in [0.2, 0.25) is 5.02 Å². The van der Waals surface area contributed by atoms with Crippen LogP contribution < -0.4 is 10.2 Å². The Hall–Kier alpha value is -2.20. The monoisotopic (exact) mass is 357 g/mol. The first kappa shape index (κ1) is 17.6. The Labute approximate surface area is 154 Å². The molecule has 1 heterocycles. The molecule has 0 bridgehead atoms. The predicted molar refractivity (Wildman–Crippen MR) is 105 cm³/mol. The van der Waals surface area contributed by atoms with Gasteiger partial charge in [-0.25, -0.2) is 4.79 Å². The lowest BCUT2D eigenvalue weighted by atomic mass is 10.1. The normalized spacial score (nSPS) is 14.6. The van der Waals surface area contributed by atoms with Crippen molar-refractivity contribution < 1.29 is 4.79 Å². The average molecular weight is 358 g/mol. The van der Waals surface area contributed by atoms with Gasteiger partial charge >= 0.3 is 6.03 Å². The largest absolute Gasteiger partial charge is 0.368 e. The molecule has 1 saturated heterocycles. The van der Waals surface area contributed by atoms with Crippen LogP contribution in [-0.2, 0) is 0 Å². The summed E-state index contributed by atoms with van der Waals surface area (Å²) >= 11 is 6.04. The Morgan fingerprint density at radius 2 is 1.68 bits per heavy atom. The van der Waals surface area contributed by atoms with Crippen LogP contribution >= 0.6 is 11.6 Å². The van der Waals surface area contributed by atoms with Gasteiger partial charge in [0.1, 0.15) is 0 Å². The second-order valence-corrected chi connectivity index (χ2v) is 7.09. The number of nitrogens with zero attached hydrogens (tertiary/aromatic N) is 2. The van der Waals surface area contributed by atoms with Gasteiger partial charge in [-0.15, -0.1) is 0 Å². The van der Waals surface area contributed by atoms with E-state index in [1.165, 1.54) is 16.8 Å². The van der Waals surface area contributed by atoms with Gasteiger partial charge in [0.15, 0.2) is 0 Å². The molecule has 0 saturated carbocycles. The standard InChI is InChI=1S/C20H24ClN3O/c1-14-4-6-18(15(2)12-14)22-20(25)24-10-8-23(9-11-24)19-7-5-17(21)13-16(19)3/h4-7,12-13H,8-11H2,1-3H3,(H,22,25). The number of hydrogen-bond donors (Lipinski definition) is 1. The number of benzene rings is 2. The summed E-state index contributed by atoms with van der Waals surface area (Å²) in [6, 6.07) is 12.0. The minimum Gasteiger partial charge on any atom is -0.368 e. The highest BCUT2D eigenvalue weighted by atomic mass is 35.5. The highest BCUT2D eigenvalue weighted by molar-refractivity contribution is 6.30. The maximum absolute atomic E-state index is 12.5. The molecule has 3 rings (SSSR count). The fraction of sp³-hybridized carbons (Fsp3) is 0.350. The van der Waals surface area contributed by atoms with E-state index in [2.05, 4.69) is 36.2 Å². The zero-order chi connectivity index (χ0) is 18.0. The molecule has 1 fully saturated rings. The van der Waals surface area contributed by atoms with Crippen molar-refractivity contribution in [3.63, 3.8) is 0 Å². The summed E-state index contributed by atoms with van der Waals surface area (Å²) in [5.74, 6) is 0. The van der Waals surface area contributed by atoms with Gasteiger partial charge in [-0.3, -0.25) is 0 Å². The summed E-state index contributed by atoms with van der Waals surface area (Å²) < 4.78 is 0. The minimum atomic E-state index is -0.0283. The number of halogens is 1. The average Bonchev–Trinajstić information content (AvgIpc) is 2.57. The van der Waals surface area contributed by atoms with Crippen molar-refractivity contribution in [3.8, 4) is 0 Å². The van der Waals surface area contributed by atoms with Crippen molar-refractivity contribution in [3.05, 3.63) is 58.1 Å². The van der Waals surface area contributed by atoms with Gasteiger partial charge < -0.3 is 15.1 Å². The molecule has 2 amide bonds. The van der Waals surface area contributed by atoms with Crippen molar-refractivity contribution >= 4 is 29.0 Å². The molecule has 2 aromatic rings. The number of piperazine rings is 1. The first-order chi connectivity index (χ1) is 11.9. The van der Waals surface area contributed by atoms with Gasteiger partial charge in [0.2, 0.25) is 0 Å². The minimum absolute atomic E-state index is 0.0283. The number of nitrogens with one attached hydrogen (secondary N) is 1. The van der Waals surface area contributed by atoms with E-state index in [0.29, 0.717) is 13.1 Å². The predicted octanol–water partition coefficient (Wildman–Crippen LogP) is 4.62. The number of anilines is 2. The Morgan fingerprint density at radius 1 is 0.960 bits per heavy atom. The third kappa shape index (κ3) is 4.07. The number of carbonyl (C=O) groups excluding carboxylic acids is 1. The van der Waals surface area contributed by atoms with Crippen LogP contribution in [0.15, 0.2) is 36.4 Å². The second-order valence-electron chi connectivity index (χ2n) is 6.65. The first-order valence-electron chi connectivity index (χ1n) is 8.58. The van der Waals surface area contributed by atoms with Gasteiger partial charge in [0.25, 0.3) is 0 Å². The zero-order valence-corrected chi connectivity index (χ0v) is 15.7. The smallest absolute Gasteiger partial charge is 0.321 e. The van der Waals surface area contributed by atoms with Crippen LogP contribution in [0.3, 0.4) is 0 Å². The lowest BCUT2D eigenvalue weighted by Crippen LogP contribution is -2.50. The van der Waals surface area contributed by atoms with E-state index < -0.39 is 0 Å². The van der Waals surface area contributed by atoms with Crippen LogP contribution in [0.5, 0.6) is 0 Å². The summed E-state index contributed by atoms with van der Waals surface area (Å²) in [6.45, 7) is 9.20. The molecular formula is C20H24ClN3O. The molecule has 0 aliphatic carbocycles. The number of rotatable bonds is 2. The van der Waals surface area contributed by atoms with Crippen LogP contribution in [-0.4, -0.2) is 37.1 Å². The molecule has 5 heteroatoms. The van der Waals surface area contributed by atoms with E-state index in [4.69, 9.17) is 11.6 Å². The lowest BCUT2D eigenvalue weighted by molar-refractivity contribution is 0.208. The van der Waals surface area contributed by atoms with Gasteiger partial charge in [-0.05, 0) is 56.2 Å². The Balaban J connectivity index is 1.60. The molecule has 1 N–H and O–H groups in total. The molecule has 25 heavy (non-hydrogen) atoms. The molecule has 0 aromatic heterocycles. The summed E-state index contributed by atoms with van der Waals surface area (Å²) in [7, 11) is 0. The summed E-state index contributed by atoms with van der Waals surface area (Å²) in [5.41, 5.74) is 5.53. The summed E-state index contributed by atoms with van der Waals surface area (Å²) in [5, 5.41) is 3.79. The van der Waals surface area contributed by atoms with Crippen LogP contribution in [0.1, 0.15) is 16.7 Å². The molecular weight excluding hydrogens is 334 g/mol. The van der Waals surface area contributed by atoms with Crippen molar-refractivity contribution in [2.24, 2.45) is 0 Å². The van der Waals surface area contributed by atoms with Crippen molar-refractivity contribution in [2.75, 3.05) is 36.4 Å². The van der Waals surface area contributed by atoms with Crippen LogP contribution in [0.25, 0.3) is 0 Å². The molecule has 0 spiro atoms. The molecule has 0 atom stereocenters. The van der Waals surface area contributed by atoms with Crippen molar-refractivity contribution in [2.45, 2.75) is 20.8 Å². The van der Waals surface area contributed by atoms with E-state index in [0.717, 1.165) is 29.4 Å². The van der Waals surface area contributed by atoms with E-state index in [9.17, 15) is 4.79 Å². The molecule has 132 valence electrons. The Bertz CT molecular complexity index is 783. The molecule has 1 aliphatic rings. The molecule has 1 aliphatic heterocycles. The summed E-state index contributed by atoms with van der Waals surface area (Å²) in [4.78, 5) is 16.7. The maximum Gasteiger partial charge on any atom is 0.321 e. The van der Waals surface area contributed by atoms with Gasteiger partial charge in [0.05, 0.1) is 0 Å². The Kier molecular flexibility index (Phi) is 5.19. The fourth-order valence-corrected chi connectivity index (χ4v) is 3.50. The quantitative estimate of drug-likeness (QED) is 0.851. The van der Waals surface area contributed by atoms with E-state index in [1.807, 2.05) is 36.1 Å². The number of amides is 2. The van der Waals surface area contributed by atoms with E-state index in [-0.39, 0.29) is 6.03 Å². The zero-order valence-electron chi connectivity index (χ0n) is 15.0. The second kappa shape index (κ2) is 7.36. The van der Waals surface area contributed by atoms with Crippen LogP contribution in [0.4, 0.5) is 16.2 Å². The number of urea groups is 1. The van der Waals surface area contributed by atoms with Crippen molar-refractivity contribution in [1.82, 2.24) is 4.90 Å². The Morgan fingerprint density at radius 3 is 2.32 bits per heavy atom. The van der Waals surface area contributed by atoms with Gasteiger partial charge in [-0.2, -0.15) is 0 Å². The molecule has 2 aromatic carbocycles. The highest BCUT2D eigenvalue weighted by Crippen LogP contribution is 2.25. The first-order valence-corrected chi connectivity index (χ1v) is 8.96. The fourth-order valence-electron chi connectivity index (χ4n) is 3.27.